The number of ether oxygens (including phenoxy) is 2. The fourth-order valence-electron chi connectivity index (χ4n) is 3.33. The van der Waals surface area contributed by atoms with Crippen LogP contribution in [0.2, 0.25) is 0 Å². The van der Waals surface area contributed by atoms with Crippen molar-refractivity contribution in [2.75, 3.05) is 19.8 Å². The summed E-state index contributed by atoms with van der Waals surface area (Å²) < 4.78 is 11.6. The highest BCUT2D eigenvalue weighted by Crippen LogP contribution is 2.30. The first-order valence-corrected chi connectivity index (χ1v) is 9.11. The van der Waals surface area contributed by atoms with E-state index in [0.717, 1.165) is 41.4 Å². The largest absolute Gasteiger partial charge is 0.379 e. The van der Waals surface area contributed by atoms with Crippen molar-refractivity contribution in [2.45, 2.75) is 44.8 Å². The fraction of sp³-hybridized carbons (Fsp3) is 0.579. The molecule has 0 bridgehead atoms. The molecule has 4 rings (SSSR count). The molecular weight excluding hydrogens is 318 g/mol. The minimum Gasteiger partial charge on any atom is -0.379 e. The van der Waals surface area contributed by atoms with Gasteiger partial charge in [-0.1, -0.05) is 6.07 Å². The number of carbonyl (C=O) groups is 1. The molecule has 2 heterocycles. The van der Waals surface area contributed by atoms with E-state index in [4.69, 9.17) is 9.47 Å². The molecule has 2 N–H and O–H groups in total. The zero-order valence-electron chi connectivity index (χ0n) is 14.6. The SMILES string of the molecule is Cc1nc2ccc(CC(=O)NC3COCCC3OCC3CC3)cc2[nH]1. The molecule has 1 aromatic heterocycles. The molecule has 25 heavy (non-hydrogen) atoms. The van der Waals surface area contributed by atoms with Gasteiger partial charge in [0.2, 0.25) is 5.91 Å². The molecule has 2 aromatic rings. The van der Waals surface area contributed by atoms with Crippen LogP contribution in [-0.4, -0.2) is 47.8 Å². The van der Waals surface area contributed by atoms with Gasteiger partial charge in [-0.15, -0.1) is 0 Å². The molecule has 1 saturated heterocycles. The van der Waals surface area contributed by atoms with Crippen molar-refractivity contribution in [3.8, 4) is 0 Å². The normalized spacial score (nSPS) is 23.7. The topological polar surface area (TPSA) is 76.2 Å². The molecule has 1 aliphatic heterocycles. The highest BCUT2D eigenvalue weighted by atomic mass is 16.5. The molecule has 1 amide bonds. The maximum Gasteiger partial charge on any atom is 0.224 e. The summed E-state index contributed by atoms with van der Waals surface area (Å²) in [4.78, 5) is 20.1. The molecule has 2 atom stereocenters. The van der Waals surface area contributed by atoms with Gasteiger partial charge >= 0.3 is 0 Å². The first kappa shape index (κ1) is 16.5. The van der Waals surface area contributed by atoms with Crippen LogP contribution in [0.3, 0.4) is 0 Å². The third-order valence-electron chi connectivity index (χ3n) is 4.91. The van der Waals surface area contributed by atoms with Crippen LogP contribution in [0.1, 0.15) is 30.7 Å². The summed E-state index contributed by atoms with van der Waals surface area (Å²) in [7, 11) is 0. The van der Waals surface area contributed by atoms with Gasteiger partial charge in [0.25, 0.3) is 0 Å². The third-order valence-corrected chi connectivity index (χ3v) is 4.91. The van der Waals surface area contributed by atoms with E-state index in [1.807, 2.05) is 25.1 Å². The highest BCUT2D eigenvalue weighted by molar-refractivity contribution is 5.82. The lowest BCUT2D eigenvalue weighted by molar-refractivity contribution is -0.125. The predicted molar refractivity (Wildman–Crippen MR) is 94.4 cm³/mol. The quantitative estimate of drug-likeness (QED) is 0.842. The van der Waals surface area contributed by atoms with Crippen molar-refractivity contribution < 1.29 is 14.3 Å². The number of carbonyl (C=O) groups excluding carboxylic acids is 1. The number of imidazole rings is 1. The summed E-state index contributed by atoms with van der Waals surface area (Å²) in [5.41, 5.74) is 2.87. The Morgan fingerprint density at radius 1 is 1.40 bits per heavy atom. The number of aromatic nitrogens is 2. The van der Waals surface area contributed by atoms with Crippen molar-refractivity contribution in [2.24, 2.45) is 5.92 Å². The number of amides is 1. The Labute approximate surface area is 147 Å². The van der Waals surface area contributed by atoms with Gasteiger partial charge in [-0.25, -0.2) is 4.98 Å². The first-order chi connectivity index (χ1) is 12.2. The van der Waals surface area contributed by atoms with Crippen LogP contribution in [0.15, 0.2) is 18.2 Å². The molecule has 1 aromatic carbocycles. The third kappa shape index (κ3) is 4.19. The van der Waals surface area contributed by atoms with E-state index in [1.54, 1.807) is 0 Å². The maximum atomic E-state index is 12.5. The Bertz CT molecular complexity index is 753. The molecule has 2 unspecified atom stereocenters. The van der Waals surface area contributed by atoms with E-state index in [9.17, 15) is 4.79 Å². The van der Waals surface area contributed by atoms with E-state index < -0.39 is 0 Å². The van der Waals surface area contributed by atoms with Gasteiger partial charge in [-0.05, 0) is 49.8 Å². The number of rotatable bonds is 6. The monoisotopic (exact) mass is 343 g/mol. The lowest BCUT2D eigenvalue weighted by Crippen LogP contribution is -2.51. The van der Waals surface area contributed by atoms with Crippen LogP contribution >= 0.6 is 0 Å². The first-order valence-electron chi connectivity index (χ1n) is 9.11. The molecule has 2 fully saturated rings. The number of H-pyrrole nitrogens is 1. The van der Waals surface area contributed by atoms with Crippen LogP contribution < -0.4 is 5.32 Å². The van der Waals surface area contributed by atoms with Crippen LogP contribution in [0.25, 0.3) is 11.0 Å². The fourth-order valence-corrected chi connectivity index (χ4v) is 3.33. The summed E-state index contributed by atoms with van der Waals surface area (Å²) in [6.45, 7) is 3.97. The van der Waals surface area contributed by atoms with E-state index in [1.165, 1.54) is 12.8 Å². The number of nitrogens with one attached hydrogen (secondary N) is 2. The lowest BCUT2D eigenvalue weighted by Gasteiger charge is -2.32. The molecule has 0 radical (unpaired) electrons. The Balaban J connectivity index is 1.35. The van der Waals surface area contributed by atoms with Crippen molar-refractivity contribution in [1.29, 1.82) is 0 Å². The molecule has 0 spiro atoms. The van der Waals surface area contributed by atoms with Gasteiger partial charge in [-0.3, -0.25) is 4.79 Å². The Hall–Kier alpha value is -1.92. The minimum atomic E-state index is -0.0573. The van der Waals surface area contributed by atoms with Gasteiger partial charge < -0.3 is 19.8 Å². The molecule has 1 aliphatic carbocycles. The zero-order valence-corrected chi connectivity index (χ0v) is 14.6. The Morgan fingerprint density at radius 2 is 2.28 bits per heavy atom. The number of nitrogens with zero attached hydrogens (tertiary/aromatic N) is 1. The summed E-state index contributed by atoms with van der Waals surface area (Å²) in [5, 5.41) is 3.10. The highest BCUT2D eigenvalue weighted by Gasteiger charge is 2.30. The molecule has 6 heteroatoms. The van der Waals surface area contributed by atoms with Crippen molar-refractivity contribution in [3.63, 3.8) is 0 Å². The summed E-state index contributed by atoms with van der Waals surface area (Å²) in [6, 6.07) is 5.85. The summed E-state index contributed by atoms with van der Waals surface area (Å²) in [5.74, 6) is 1.61. The van der Waals surface area contributed by atoms with E-state index in [2.05, 4.69) is 15.3 Å². The van der Waals surface area contributed by atoms with E-state index >= 15 is 0 Å². The number of hydrogen-bond acceptors (Lipinski definition) is 4. The molecule has 2 aliphatic rings. The summed E-state index contributed by atoms with van der Waals surface area (Å²) in [6.07, 6.45) is 3.80. The molecule has 1 saturated carbocycles. The van der Waals surface area contributed by atoms with Gasteiger partial charge in [-0.2, -0.15) is 0 Å². The van der Waals surface area contributed by atoms with Crippen LogP contribution in [0.5, 0.6) is 0 Å². The average Bonchev–Trinajstić information content (AvgIpc) is 3.34. The maximum absolute atomic E-state index is 12.5. The second-order valence-electron chi connectivity index (χ2n) is 7.20. The van der Waals surface area contributed by atoms with Crippen molar-refractivity contribution >= 4 is 16.9 Å². The van der Waals surface area contributed by atoms with Gasteiger partial charge in [0.1, 0.15) is 5.82 Å². The van der Waals surface area contributed by atoms with Gasteiger partial charge in [0.05, 0.1) is 36.2 Å². The number of aromatic amines is 1. The van der Waals surface area contributed by atoms with Crippen LogP contribution in [0.4, 0.5) is 0 Å². The molecule has 134 valence electrons. The van der Waals surface area contributed by atoms with E-state index in [0.29, 0.717) is 19.6 Å². The lowest BCUT2D eigenvalue weighted by atomic mass is 10.1. The minimum absolute atomic E-state index is 0.00566. The average molecular weight is 343 g/mol. The van der Waals surface area contributed by atoms with Crippen LogP contribution in [0, 0.1) is 12.8 Å². The number of aryl methyl sites for hydroxylation is 1. The van der Waals surface area contributed by atoms with Crippen molar-refractivity contribution in [1.82, 2.24) is 15.3 Å². The van der Waals surface area contributed by atoms with Crippen molar-refractivity contribution in [3.05, 3.63) is 29.6 Å². The van der Waals surface area contributed by atoms with Gasteiger partial charge in [0.15, 0.2) is 0 Å². The zero-order chi connectivity index (χ0) is 17.2. The van der Waals surface area contributed by atoms with Gasteiger partial charge in [0, 0.05) is 13.2 Å². The van der Waals surface area contributed by atoms with Crippen LogP contribution in [-0.2, 0) is 20.7 Å². The molecular formula is C19H25N3O3. The molecule has 6 nitrogen and oxygen atoms in total. The smallest absolute Gasteiger partial charge is 0.224 e. The number of hydrogen-bond donors (Lipinski definition) is 2. The Kier molecular flexibility index (Phi) is 4.72. The van der Waals surface area contributed by atoms with E-state index in [-0.39, 0.29) is 18.1 Å². The second kappa shape index (κ2) is 7.14. The second-order valence-corrected chi connectivity index (χ2v) is 7.20. The predicted octanol–water partition coefficient (Wildman–Crippen LogP) is 2.11. The summed E-state index contributed by atoms with van der Waals surface area (Å²) >= 11 is 0. The number of fused-ring (bicyclic) bond motifs is 1. The number of benzene rings is 1. The standard InChI is InChI=1S/C19H25N3O3/c1-12-20-15-5-4-14(8-16(15)21-12)9-19(23)22-17-11-24-7-6-18(17)25-10-13-2-3-13/h4-5,8,13,17-18H,2-3,6-7,9-11H2,1H3,(H,20,21)(H,22,23). The Morgan fingerprint density at radius 3 is 3.12 bits per heavy atom.